The molecule has 1 N–H and O–H groups in total. The molecule has 0 aliphatic carbocycles. The topological polar surface area (TPSA) is 62.6 Å². The third-order valence-electron chi connectivity index (χ3n) is 3.75. The van der Waals surface area contributed by atoms with E-state index in [0.29, 0.717) is 36.5 Å². The standard InChI is InChI=1S/C17H18N2O3/c1-2-8-19-11-12-5-3-7-14(15(12)17(19)21)16(20)18-10-13-6-4-9-22-13/h3-7,9H,2,8,10-11H2,1H3,(H,18,20). The monoisotopic (exact) mass is 298 g/mol. The number of benzene rings is 1. The minimum atomic E-state index is -0.250. The molecule has 2 amide bonds. The van der Waals surface area contributed by atoms with Crippen LogP contribution in [0.25, 0.3) is 0 Å². The Morgan fingerprint density at radius 1 is 1.32 bits per heavy atom. The van der Waals surface area contributed by atoms with Gasteiger partial charge in [-0.2, -0.15) is 0 Å². The number of nitrogens with one attached hydrogen (secondary N) is 1. The molecular weight excluding hydrogens is 280 g/mol. The van der Waals surface area contributed by atoms with Crippen molar-refractivity contribution >= 4 is 11.8 Å². The summed E-state index contributed by atoms with van der Waals surface area (Å²) in [6.45, 7) is 3.64. The Morgan fingerprint density at radius 2 is 2.18 bits per heavy atom. The van der Waals surface area contributed by atoms with Crippen LogP contribution >= 0.6 is 0 Å². The van der Waals surface area contributed by atoms with Crippen molar-refractivity contribution < 1.29 is 14.0 Å². The maximum Gasteiger partial charge on any atom is 0.255 e. The van der Waals surface area contributed by atoms with Gasteiger partial charge in [-0.15, -0.1) is 0 Å². The number of carbonyl (C=O) groups is 2. The first kappa shape index (κ1) is 14.4. The van der Waals surface area contributed by atoms with E-state index in [9.17, 15) is 9.59 Å². The smallest absolute Gasteiger partial charge is 0.255 e. The lowest BCUT2D eigenvalue weighted by Gasteiger charge is -2.13. The molecule has 114 valence electrons. The van der Waals surface area contributed by atoms with Crippen molar-refractivity contribution in [2.24, 2.45) is 0 Å². The van der Waals surface area contributed by atoms with Gasteiger partial charge in [0.2, 0.25) is 0 Å². The zero-order valence-corrected chi connectivity index (χ0v) is 12.5. The SMILES string of the molecule is CCCN1Cc2cccc(C(=O)NCc3ccco3)c2C1=O. The van der Waals surface area contributed by atoms with Gasteiger partial charge in [-0.05, 0) is 30.2 Å². The highest BCUT2D eigenvalue weighted by molar-refractivity contribution is 6.09. The Kier molecular flexibility index (Phi) is 3.96. The van der Waals surface area contributed by atoms with Crippen LogP contribution in [0.3, 0.4) is 0 Å². The molecule has 0 unspecified atom stereocenters. The molecule has 2 aromatic rings. The number of fused-ring (bicyclic) bond motifs is 1. The maximum absolute atomic E-state index is 12.5. The minimum Gasteiger partial charge on any atom is -0.467 e. The zero-order valence-electron chi connectivity index (χ0n) is 12.5. The Bertz CT molecular complexity index is 692. The minimum absolute atomic E-state index is 0.0550. The van der Waals surface area contributed by atoms with Gasteiger partial charge in [0.25, 0.3) is 11.8 Å². The van der Waals surface area contributed by atoms with Gasteiger partial charge in [0.15, 0.2) is 0 Å². The molecule has 5 nitrogen and oxygen atoms in total. The van der Waals surface area contributed by atoms with E-state index in [2.05, 4.69) is 5.32 Å². The van der Waals surface area contributed by atoms with Crippen LogP contribution in [-0.4, -0.2) is 23.3 Å². The number of carbonyl (C=O) groups excluding carboxylic acids is 2. The van der Waals surface area contributed by atoms with E-state index in [1.54, 1.807) is 29.4 Å². The highest BCUT2D eigenvalue weighted by Gasteiger charge is 2.30. The number of amides is 2. The van der Waals surface area contributed by atoms with Crippen molar-refractivity contribution in [3.05, 3.63) is 59.0 Å². The second-order valence-electron chi connectivity index (χ2n) is 5.33. The van der Waals surface area contributed by atoms with E-state index in [0.717, 1.165) is 12.0 Å². The normalized spacial score (nSPS) is 13.3. The summed E-state index contributed by atoms with van der Waals surface area (Å²) in [6.07, 6.45) is 2.47. The van der Waals surface area contributed by atoms with Crippen LogP contribution in [0.15, 0.2) is 41.0 Å². The van der Waals surface area contributed by atoms with Crippen LogP contribution in [0.4, 0.5) is 0 Å². The first-order valence-corrected chi connectivity index (χ1v) is 7.42. The highest BCUT2D eigenvalue weighted by Crippen LogP contribution is 2.26. The van der Waals surface area contributed by atoms with E-state index in [1.165, 1.54) is 0 Å². The molecule has 0 saturated heterocycles. The number of nitrogens with zero attached hydrogens (tertiary/aromatic N) is 1. The molecule has 1 aromatic carbocycles. The molecule has 0 radical (unpaired) electrons. The van der Waals surface area contributed by atoms with Crippen LogP contribution < -0.4 is 5.32 Å². The van der Waals surface area contributed by atoms with Gasteiger partial charge >= 0.3 is 0 Å². The zero-order chi connectivity index (χ0) is 15.5. The molecule has 0 atom stereocenters. The van der Waals surface area contributed by atoms with Gasteiger partial charge in [0.1, 0.15) is 5.76 Å². The third kappa shape index (κ3) is 2.62. The van der Waals surface area contributed by atoms with Gasteiger partial charge in [-0.25, -0.2) is 0 Å². The average Bonchev–Trinajstić information content (AvgIpc) is 3.14. The number of furan rings is 1. The van der Waals surface area contributed by atoms with Crippen molar-refractivity contribution in [1.29, 1.82) is 0 Å². The number of hydrogen-bond donors (Lipinski definition) is 1. The largest absolute Gasteiger partial charge is 0.467 e. The first-order valence-electron chi connectivity index (χ1n) is 7.42. The van der Waals surface area contributed by atoms with Crippen molar-refractivity contribution in [2.45, 2.75) is 26.4 Å². The Morgan fingerprint density at radius 3 is 2.91 bits per heavy atom. The molecular formula is C17H18N2O3. The van der Waals surface area contributed by atoms with Crippen LogP contribution in [-0.2, 0) is 13.1 Å². The summed E-state index contributed by atoms with van der Waals surface area (Å²) in [5.74, 6) is 0.375. The number of hydrogen-bond acceptors (Lipinski definition) is 3. The quantitative estimate of drug-likeness (QED) is 0.923. The van der Waals surface area contributed by atoms with Gasteiger partial charge in [0.05, 0.1) is 23.9 Å². The summed E-state index contributed by atoms with van der Waals surface area (Å²) < 4.78 is 5.19. The summed E-state index contributed by atoms with van der Waals surface area (Å²) in [7, 11) is 0. The molecule has 1 aliphatic heterocycles. The van der Waals surface area contributed by atoms with Crippen LogP contribution in [0.1, 0.15) is 45.4 Å². The first-order chi connectivity index (χ1) is 10.7. The molecule has 5 heteroatoms. The molecule has 0 saturated carbocycles. The fourth-order valence-corrected chi connectivity index (χ4v) is 2.74. The second-order valence-corrected chi connectivity index (χ2v) is 5.33. The predicted octanol–water partition coefficient (Wildman–Crippen LogP) is 2.58. The highest BCUT2D eigenvalue weighted by atomic mass is 16.3. The molecule has 0 spiro atoms. The Hall–Kier alpha value is -2.56. The van der Waals surface area contributed by atoms with Crippen LogP contribution in [0, 0.1) is 0 Å². The van der Waals surface area contributed by atoms with Gasteiger partial charge in [-0.3, -0.25) is 9.59 Å². The molecule has 0 bridgehead atoms. The molecule has 0 fully saturated rings. The molecule has 22 heavy (non-hydrogen) atoms. The summed E-state index contributed by atoms with van der Waals surface area (Å²) >= 11 is 0. The van der Waals surface area contributed by atoms with E-state index in [4.69, 9.17) is 4.42 Å². The Balaban J connectivity index is 1.80. The summed E-state index contributed by atoms with van der Waals surface area (Å²) in [5.41, 5.74) is 1.89. The second kappa shape index (κ2) is 6.05. The van der Waals surface area contributed by atoms with E-state index in [-0.39, 0.29) is 11.8 Å². The third-order valence-corrected chi connectivity index (χ3v) is 3.75. The van der Waals surface area contributed by atoms with Crippen molar-refractivity contribution in [2.75, 3.05) is 6.54 Å². The van der Waals surface area contributed by atoms with Crippen molar-refractivity contribution in [3.63, 3.8) is 0 Å². The Labute approximate surface area is 128 Å². The fourth-order valence-electron chi connectivity index (χ4n) is 2.74. The molecule has 1 aromatic heterocycles. The maximum atomic E-state index is 12.5. The molecule has 1 aliphatic rings. The lowest BCUT2D eigenvalue weighted by atomic mass is 10.0. The summed E-state index contributed by atoms with van der Waals surface area (Å²) in [6, 6.07) is 9.00. The summed E-state index contributed by atoms with van der Waals surface area (Å²) in [4.78, 5) is 26.6. The van der Waals surface area contributed by atoms with E-state index < -0.39 is 0 Å². The lowest BCUT2D eigenvalue weighted by molar-refractivity contribution is 0.0773. The summed E-state index contributed by atoms with van der Waals surface area (Å²) in [5, 5.41) is 2.80. The van der Waals surface area contributed by atoms with Crippen molar-refractivity contribution in [3.8, 4) is 0 Å². The predicted molar refractivity (Wildman–Crippen MR) is 81.4 cm³/mol. The van der Waals surface area contributed by atoms with Gasteiger partial charge in [0, 0.05) is 13.1 Å². The fraction of sp³-hybridized carbons (Fsp3) is 0.294. The number of rotatable bonds is 5. The molecule has 2 heterocycles. The van der Waals surface area contributed by atoms with E-state index >= 15 is 0 Å². The van der Waals surface area contributed by atoms with Gasteiger partial charge in [-0.1, -0.05) is 19.1 Å². The van der Waals surface area contributed by atoms with Crippen molar-refractivity contribution in [1.82, 2.24) is 10.2 Å². The van der Waals surface area contributed by atoms with Crippen LogP contribution in [0.2, 0.25) is 0 Å². The lowest BCUT2D eigenvalue weighted by Crippen LogP contribution is -2.28. The average molecular weight is 298 g/mol. The van der Waals surface area contributed by atoms with Gasteiger partial charge < -0.3 is 14.6 Å². The van der Waals surface area contributed by atoms with E-state index in [1.807, 2.05) is 19.1 Å². The molecule has 3 rings (SSSR count). The van der Waals surface area contributed by atoms with Crippen LogP contribution in [0.5, 0.6) is 0 Å².